The van der Waals surface area contributed by atoms with E-state index >= 15 is 0 Å². The summed E-state index contributed by atoms with van der Waals surface area (Å²) in [7, 11) is 1.83. The molecule has 3 heteroatoms. The Morgan fingerprint density at radius 3 is 2.35 bits per heavy atom. The van der Waals surface area contributed by atoms with Gasteiger partial charge in [-0.3, -0.25) is 4.79 Å². The molecule has 1 N–H and O–H groups in total. The Bertz CT molecular complexity index is 413. The van der Waals surface area contributed by atoms with E-state index in [0.29, 0.717) is 6.54 Å². The van der Waals surface area contributed by atoms with Gasteiger partial charge in [0, 0.05) is 12.7 Å². The van der Waals surface area contributed by atoms with Gasteiger partial charge in [0.1, 0.15) is 0 Å². The third-order valence-corrected chi connectivity index (χ3v) is 3.07. The van der Waals surface area contributed by atoms with E-state index in [0.717, 1.165) is 17.8 Å². The summed E-state index contributed by atoms with van der Waals surface area (Å²) in [6, 6.07) is 4.20. The van der Waals surface area contributed by atoms with Gasteiger partial charge >= 0.3 is 0 Å². The lowest BCUT2D eigenvalue weighted by Gasteiger charge is -2.21. The number of nitrogens with one attached hydrogen (secondary N) is 1. The van der Waals surface area contributed by atoms with Gasteiger partial charge in [0.2, 0.25) is 5.91 Å². The summed E-state index contributed by atoms with van der Waals surface area (Å²) in [5.41, 5.74) is 4.61. The Morgan fingerprint density at radius 1 is 1.18 bits per heavy atom. The zero-order chi connectivity index (χ0) is 13.0. The van der Waals surface area contributed by atoms with Crippen LogP contribution < -0.4 is 10.2 Å². The number of benzene rings is 1. The fourth-order valence-corrected chi connectivity index (χ4v) is 1.79. The van der Waals surface area contributed by atoms with Crippen LogP contribution in [0.3, 0.4) is 0 Å². The number of anilines is 1. The van der Waals surface area contributed by atoms with E-state index < -0.39 is 0 Å². The first-order valence-electron chi connectivity index (χ1n) is 6.02. The summed E-state index contributed by atoms with van der Waals surface area (Å²) in [6.07, 6.45) is 0. The molecule has 0 aliphatic rings. The maximum Gasteiger partial charge on any atom is 0.240 e. The van der Waals surface area contributed by atoms with Gasteiger partial charge < -0.3 is 10.2 Å². The zero-order valence-corrected chi connectivity index (χ0v) is 11.4. The number of hydrogen-bond acceptors (Lipinski definition) is 2. The van der Waals surface area contributed by atoms with Crippen LogP contribution in [0, 0.1) is 20.8 Å². The molecule has 1 amide bonds. The van der Waals surface area contributed by atoms with E-state index in [1.54, 1.807) is 4.90 Å². The van der Waals surface area contributed by atoms with Crippen LogP contribution >= 0.6 is 0 Å². The van der Waals surface area contributed by atoms with Crippen LogP contribution in [0.5, 0.6) is 0 Å². The highest BCUT2D eigenvalue weighted by Crippen LogP contribution is 2.23. The molecule has 0 atom stereocenters. The van der Waals surface area contributed by atoms with Crippen molar-refractivity contribution < 1.29 is 4.79 Å². The van der Waals surface area contributed by atoms with E-state index in [2.05, 4.69) is 31.3 Å². The summed E-state index contributed by atoms with van der Waals surface area (Å²) >= 11 is 0. The fraction of sp³-hybridized carbons (Fsp3) is 0.500. The van der Waals surface area contributed by atoms with Crippen molar-refractivity contribution in [1.29, 1.82) is 0 Å². The van der Waals surface area contributed by atoms with Crippen molar-refractivity contribution in [3.63, 3.8) is 0 Å². The average Bonchev–Trinajstić information content (AvgIpc) is 2.29. The highest BCUT2D eigenvalue weighted by Gasteiger charge is 2.13. The molecule has 0 radical (unpaired) electrons. The lowest BCUT2D eigenvalue weighted by atomic mass is 10.0. The molecule has 3 nitrogen and oxygen atoms in total. The van der Waals surface area contributed by atoms with Crippen molar-refractivity contribution >= 4 is 11.6 Å². The van der Waals surface area contributed by atoms with Crippen molar-refractivity contribution in [1.82, 2.24) is 5.32 Å². The van der Waals surface area contributed by atoms with Crippen molar-refractivity contribution in [2.75, 3.05) is 25.0 Å². The molecule has 94 valence electrons. The molecule has 0 heterocycles. The maximum absolute atomic E-state index is 11.9. The fourth-order valence-electron chi connectivity index (χ4n) is 1.79. The normalized spacial score (nSPS) is 10.4. The Morgan fingerprint density at radius 2 is 1.76 bits per heavy atom. The van der Waals surface area contributed by atoms with E-state index in [1.165, 1.54) is 11.1 Å². The third-order valence-electron chi connectivity index (χ3n) is 3.07. The molecule has 1 rings (SSSR count). The van der Waals surface area contributed by atoms with Gasteiger partial charge in [0.05, 0.1) is 6.54 Å². The zero-order valence-electron chi connectivity index (χ0n) is 11.4. The van der Waals surface area contributed by atoms with Crippen LogP contribution in [-0.2, 0) is 4.79 Å². The van der Waals surface area contributed by atoms with Gasteiger partial charge in [0.15, 0.2) is 0 Å². The monoisotopic (exact) mass is 234 g/mol. The molecule has 0 fully saturated rings. The SMILES string of the molecule is CCNCC(=O)N(C)c1cc(C)c(C)cc1C. The molecule has 0 aromatic heterocycles. The van der Waals surface area contributed by atoms with Gasteiger partial charge in [-0.1, -0.05) is 13.0 Å². The number of rotatable bonds is 4. The summed E-state index contributed by atoms with van der Waals surface area (Å²) in [5.74, 6) is 0.0956. The quantitative estimate of drug-likeness (QED) is 0.866. The maximum atomic E-state index is 11.9. The number of carbonyl (C=O) groups excluding carboxylic acids is 1. The number of amides is 1. The summed E-state index contributed by atoms with van der Waals surface area (Å²) in [6.45, 7) is 9.39. The summed E-state index contributed by atoms with van der Waals surface area (Å²) in [4.78, 5) is 13.6. The van der Waals surface area contributed by atoms with E-state index in [4.69, 9.17) is 0 Å². The topological polar surface area (TPSA) is 32.3 Å². The van der Waals surface area contributed by atoms with Crippen molar-refractivity contribution in [3.05, 3.63) is 28.8 Å². The second-order valence-electron chi connectivity index (χ2n) is 4.46. The minimum Gasteiger partial charge on any atom is -0.314 e. The predicted octanol–water partition coefficient (Wildman–Crippen LogP) is 2.18. The first-order chi connectivity index (χ1) is 7.97. The first-order valence-corrected chi connectivity index (χ1v) is 6.02. The van der Waals surface area contributed by atoms with E-state index in [1.807, 2.05) is 20.9 Å². The molecule has 0 spiro atoms. The molecule has 1 aromatic carbocycles. The number of aryl methyl sites for hydroxylation is 3. The number of carbonyl (C=O) groups is 1. The van der Waals surface area contributed by atoms with Crippen molar-refractivity contribution in [3.8, 4) is 0 Å². The Hall–Kier alpha value is -1.35. The molecule has 0 bridgehead atoms. The van der Waals surface area contributed by atoms with Gasteiger partial charge in [-0.25, -0.2) is 0 Å². The molecular weight excluding hydrogens is 212 g/mol. The predicted molar refractivity (Wildman–Crippen MR) is 72.6 cm³/mol. The number of hydrogen-bond donors (Lipinski definition) is 1. The minimum absolute atomic E-state index is 0.0956. The largest absolute Gasteiger partial charge is 0.314 e. The second kappa shape index (κ2) is 5.82. The summed E-state index contributed by atoms with van der Waals surface area (Å²) in [5, 5.41) is 3.05. The first kappa shape index (κ1) is 13.7. The second-order valence-corrected chi connectivity index (χ2v) is 4.46. The van der Waals surface area contributed by atoms with Gasteiger partial charge in [-0.05, 0) is 50.1 Å². The van der Waals surface area contributed by atoms with Crippen molar-refractivity contribution in [2.45, 2.75) is 27.7 Å². The molecule has 17 heavy (non-hydrogen) atoms. The summed E-state index contributed by atoms with van der Waals surface area (Å²) < 4.78 is 0. The molecular formula is C14H22N2O. The molecule has 0 aliphatic heterocycles. The Balaban J connectivity index is 2.92. The van der Waals surface area contributed by atoms with Gasteiger partial charge in [0.25, 0.3) is 0 Å². The van der Waals surface area contributed by atoms with E-state index in [9.17, 15) is 4.79 Å². The van der Waals surface area contributed by atoms with Gasteiger partial charge in [-0.15, -0.1) is 0 Å². The van der Waals surface area contributed by atoms with E-state index in [-0.39, 0.29) is 5.91 Å². The average molecular weight is 234 g/mol. The molecule has 0 aliphatic carbocycles. The van der Waals surface area contributed by atoms with Crippen LogP contribution in [0.15, 0.2) is 12.1 Å². The number of likely N-dealkylation sites (N-methyl/N-ethyl adjacent to an activating group) is 2. The van der Waals surface area contributed by atoms with Crippen molar-refractivity contribution in [2.24, 2.45) is 0 Å². The third kappa shape index (κ3) is 3.30. The Kier molecular flexibility index (Phi) is 4.70. The van der Waals surface area contributed by atoms with Crippen LogP contribution in [0.1, 0.15) is 23.6 Å². The lowest BCUT2D eigenvalue weighted by molar-refractivity contribution is -0.117. The molecule has 0 saturated heterocycles. The van der Waals surface area contributed by atoms with Crippen LogP contribution in [0.4, 0.5) is 5.69 Å². The Labute approximate surface area is 104 Å². The highest BCUT2D eigenvalue weighted by molar-refractivity contribution is 5.95. The number of nitrogens with zero attached hydrogens (tertiary/aromatic N) is 1. The minimum atomic E-state index is 0.0956. The lowest BCUT2D eigenvalue weighted by Crippen LogP contribution is -2.35. The standard InChI is InChI=1S/C14H22N2O/c1-6-15-9-14(17)16(5)13-8-11(3)10(2)7-12(13)4/h7-8,15H,6,9H2,1-5H3. The molecule has 1 aromatic rings. The highest BCUT2D eigenvalue weighted by atomic mass is 16.2. The van der Waals surface area contributed by atoms with Gasteiger partial charge in [-0.2, -0.15) is 0 Å². The van der Waals surface area contributed by atoms with Crippen LogP contribution in [0.25, 0.3) is 0 Å². The molecule has 0 saturated carbocycles. The van der Waals surface area contributed by atoms with Crippen LogP contribution in [0.2, 0.25) is 0 Å². The van der Waals surface area contributed by atoms with Crippen LogP contribution in [-0.4, -0.2) is 26.0 Å². The smallest absolute Gasteiger partial charge is 0.240 e. The molecule has 0 unspecified atom stereocenters.